The second-order valence-corrected chi connectivity index (χ2v) is 4.66. The fourth-order valence-electron chi connectivity index (χ4n) is 0.514. The molecule has 0 aliphatic heterocycles. The number of amides is 1. The Labute approximate surface area is 97.4 Å². The largest absolute Gasteiger partial charge is 0.287 e. The Morgan fingerprint density at radius 2 is 1.93 bits per heavy atom. The number of rotatable bonds is 5. The molecule has 0 bridgehead atoms. The van der Waals surface area contributed by atoms with Gasteiger partial charge in [-0.2, -0.15) is 8.42 Å². The van der Waals surface area contributed by atoms with Gasteiger partial charge in [-0.05, 0) is 6.42 Å². The van der Waals surface area contributed by atoms with Crippen LogP contribution in [0.4, 0.5) is 0 Å². The van der Waals surface area contributed by atoms with Gasteiger partial charge in [0.2, 0.25) is 5.91 Å². The monoisotopic (exact) mass is 273 g/mol. The van der Waals surface area contributed by atoms with Crippen molar-refractivity contribution in [3.8, 4) is 0 Å². The van der Waals surface area contributed by atoms with E-state index in [-0.39, 0.29) is 31.1 Å². The molecule has 0 radical (unpaired) electrons. The molecule has 0 heterocycles. The molecule has 1 N–H and O–H groups in total. The summed E-state index contributed by atoms with van der Waals surface area (Å²) < 4.78 is 26.1. The Morgan fingerprint density at radius 1 is 1.43 bits per heavy atom. The zero-order chi connectivity index (χ0) is 10.5. The van der Waals surface area contributed by atoms with E-state index in [4.69, 9.17) is 0 Å². The third-order valence-electron chi connectivity index (χ3n) is 1.25. The summed E-state index contributed by atoms with van der Waals surface area (Å²) in [6, 6.07) is 0. The summed E-state index contributed by atoms with van der Waals surface area (Å²) >= 11 is 0. The number of carbonyl (C=O) groups excluding carboxylic acids is 1. The maximum atomic E-state index is 10.9. The van der Waals surface area contributed by atoms with E-state index in [0.29, 0.717) is 6.42 Å². The average molecular weight is 275 g/mol. The molecule has 7 heteroatoms. The van der Waals surface area contributed by atoms with Crippen molar-refractivity contribution in [3.63, 3.8) is 0 Å². The van der Waals surface area contributed by atoms with Crippen LogP contribution in [-0.2, 0) is 38.7 Å². The van der Waals surface area contributed by atoms with Crippen molar-refractivity contribution in [1.29, 1.82) is 0 Å². The summed E-state index contributed by atoms with van der Waals surface area (Å²) in [4.78, 5) is 10.9. The molecular weight excluding hydrogens is 260 g/mol. The van der Waals surface area contributed by atoms with E-state index in [1.807, 2.05) is 5.48 Å². The molecule has 0 aliphatic carbocycles. The van der Waals surface area contributed by atoms with Gasteiger partial charge in [0.25, 0.3) is 10.1 Å². The molecule has 0 unspecified atom stereocenters. The maximum absolute atomic E-state index is 10.9. The second-order valence-electron chi connectivity index (χ2n) is 2.97. The third kappa shape index (κ3) is 7.41. The first kappa shape index (κ1) is 16.4. The van der Waals surface area contributed by atoms with Crippen molar-refractivity contribution in [3.05, 3.63) is 0 Å². The summed E-state index contributed by atoms with van der Waals surface area (Å²) in [6.45, 7) is 5.00. The van der Waals surface area contributed by atoms with Crippen LogP contribution in [0.1, 0.15) is 27.2 Å². The van der Waals surface area contributed by atoms with Gasteiger partial charge in [-0.3, -0.25) is 4.79 Å². The van der Waals surface area contributed by atoms with Gasteiger partial charge >= 0.3 is 0 Å². The second kappa shape index (κ2) is 7.32. The first-order valence-corrected chi connectivity index (χ1v) is 5.67. The van der Waals surface area contributed by atoms with Crippen molar-refractivity contribution in [2.45, 2.75) is 27.2 Å². The fourth-order valence-corrected chi connectivity index (χ4v) is 1.31. The Balaban J connectivity index is 0. The van der Waals surface area contributed by atoms with Crippen LogP contribution in [0, 0.1) is 5.92 Å². The molecule has 80 valence electrons. The quantitative estimate of drug-likeness (QED) is 0.583. The molecule has 0 fully saturated rings. The Kier molecular flexibility index (Phi) is 8.59. The van der Waals surface area contributed by atoms with Crippen LogP contribution < -0.4 is 5.48 Å². The number of hydroxylamine groups is 1. The third-order valence-corrected chi connectivity index (χ3v) is 2.49. The van der Waals surface area contributed by atoms with Crippen molar-refractivity contribution in [2.75, 3.05) is 5.75 Å². The van der Waals surface area contributed by atoms with Crippen LogP contribution in [0.25, 0.3) is 0 Å². The molecule has 0 aliphatic rings. The molecule has 0 saturated carbocycles. The minimum Gasteiger partial charge on any atom is -0.272 e. The minimum absolute atomic E-state index is 0. The molecule has 14 heavy (non-hydrogen) atoms. The summed E-state index contributed by atoms with van der Waals surface area (Å²) in [5.74, 6) is -0.831. The van der Waals surface area contributed by atoms with Gasteiger partial charge in [0.1, 0.15) is 0 Å². The number of carbonyl (C=O) groups is 1. The van der Waals surface area contributed by atoms with Crippen LogP contribution in [0.3, 0.4) is 0 Å². The molecule has 1 amide bonds. The Morgan fingerprint density at radius 3 is 2.29 bits per heavy atom. The fraction of sp³-hybridized carbons (Fsp3) is 0.857. The smallest absolute Gasteiger partial charge is 0.272 e. The van der Waals surface area contributed by atoms with Gasteiger partial charge < -0.3 is 0 Å². The van der Waals surface area contributed by atoms with Crippen LogP contribution in [0.5, 0.6) is 0 Å². The molecule has 0 saturated heterocycles. The van der Waals surface area contributed by atoms with Gasteiger partial charge in [-0.25, -0.2) is 5.48 Å². The van der Waals surface area contributed by atoms with Crippen molar-refractivity contribution in [2.24, 2.45) is 5.92 Å². The molecule has 0 aromatic heterocycles. The molecule has 0 spiro atoms. The molecule has 0 atom stereocenters. The maximum Gasteiger partial charge on any atom is 0.287 e. The SMILES string of the molecule is CCCS(=O)(=O)ONC(=O)C(C)C.[Zn]. The number of nitrogens with one attached hydrogen (secondary N) is 1. The van der Waals surface area contributed by atoms with Gasteiger partial charge in [-0.1, -0.05) is 20.8 Å². The van der Waals surface area contributed by atoms with Crippen LogP contribution in [0.15, 0.2) is 0 Å². The van der Waals surface area contributed by atoms with Crippen LogP contribution >= 0.6 is 0 Å². The average Bonchev–Trinajstić information content (AvgIpc) is 2.00. The van der Waals surface area contributed by atoms with Gasteiger partial charge in [0.15, 0.2) is 0 Å². The van der Waals surface area contributed by atoms with Crippen molar-refractivity contribution < 1.29 is 37.0 Å². The predicted molar refractivity (Wildman–Crippen MR) is 48.1 cm³/mol. The van der Waals surface area contributed by atoms with E-state index in [0.717, 1.165) is 0 Å². The van der Waals surface area contributed by atoms with E-state index in [1.54, 1.807) is 20.8 Å². The summed E-state index contributed by atoms with van der Waals surface area (Å²) in [5.41, 5.74) is 1.88. The first-order valence-electron chi connectivity index (χ1n) is 4.10. The normalized spacial score (nSPS) is 10.9. The molecular formula is C7H15NO4SZn. The van der Waals surface area contributed by atoms with E-state index >= 15 is 0 Å². The minimum atomic E-state index is -3.59. The van der Waals surface area contributed by atoms with E-state index in [2.05, 4.69) is 4.28 Å². The molecule has 0 rings (SSSR count). The summed E-state index contributed by atoms with van der Waals surface area (Å²) in [5, 5.41) is 0. The number of hydrogen-bond donors (Lipinski definition) is 1. The van der Waals surface area contributed by atoms with Crippen molar-refractivity contribution >= 4 is 16.0 Å². The van der Waals surface area contributed by atoms with Gasteiger partial charge in [0, 0.05) is 25.4 Å². The van der Waals surface area contributed by atoms with Crippen LogP contribution in [-0.4, -0.2) is 20.1 Å². The summed E-state index contributed by atoms with van der Waals surface area (Å²) in [6.07, 6.45) is 0.458. The van der Waals surface area contributed by atoms with Gasteiger partial charge in [-0.15, -0.1) is 4.28 Å². The number of hydrogen-bond acceptors (Lipinski definition) is 4. The van der Waals surface area contributed by atoms with E-state index in [1.165, 1.54) is 0 Å². The first-order chi connectivity index (χ1) is 5.89. The topological polar surface area (TPSA) is 72.5 Å². The zero-order valence-electron chi connectivity index (χ0n) is 8.74. The Bertz CT molecular complexity index is 263. The predicted octanol–water partition coefficient (Wildman–Crippen LogP) is 0.427. The van der Waals surface area contributed by atoms with Crippen LogP contribution in [0.2, 0.25) is 0 Å². The molecule has 0 aromatic carbocycles. The van der Waals surface area contributed by atoms with Crippen molar-refractivity contribution in [1.82, 2.24) is 5.48 Å². The molecule has 0 aromatic rings. The molecule has 5 nitrogen and oxygen atoms in total. The summed E-state index contributed by atoms with van der Waals surface area (Å²) in [7, 11) is -3.59. The van der Waals surface area contributed by atoms with Gasteiger partial charge in [0.05, 0.1) is 5.75 Å². The Hall–Kier alpha value is 0.00338. The zero-order valence-corrected chi connectivity index (χ0v) is 12.5. The van der Waals surface area contributed by atoms with E-state index < -0.39 is 16.0 Å². The standard InChI is InChI=1S/C7H15NO4S.Zn/c1-4-5-13(10,11)12-8-7(9)6(2)3;/h6H,4-5H2,1-3H3,(H,8,9);. The van der Waals surface area contributed by atoms with E-state index in [9.17, 15) is 13.2 Å².